The summed E-state index contributed by atoms with van der Waals surface area (Å²) in [5.74, 6) is -1.53. The van der Waals surface area contributed by atoms with Crippen LogP contribution in [-0.4, -0.2) is 27.6 Å². The molecule has 1 fully saturated rings. The van der Waals surface area contributed by atoms with Gasteiger partial charge >= 0.3 is 12.4 Å². The first kappa shape index (κ1) is 22.6. The monoisotopic (exact) mass is 449 g/mol. The van der Waals surface area contributed by atoms with Gasteiger partial charge in [-0.1, -0.05) is 0 Å². The Labute approximate surface area is 171 Å². The molecule has 2 aromatic rings. The highest BCUT2D eigenvalue weighted by atomic mass is 19.4. The molecule has 0 spiro atoms. The minimum Gasteiger partial charge on any atom is -0.322 e. The zero-order valence-corrected chi connectivity index (χ0v) is 16.1. The first-order chi connectivity index (χ1) is 14.2. The molecule has 0 saturated carbocycles. The predicted octanol–water partition coefficient (Wildman–Crippen LogP) is 3.44. The van der Waals surface area contributed by atoms with Crippen molar-refractivity contribution in [1.82, 2.24) is 20.4 Å². The van der Waals surface area contributed by atoms with Crippen LogP contribution in [0.15, 0.2) is 24.3 Å². The molecule has 1 aromatic carbocycles. The second-order valence-corrected chi connectivity index (χ2v) is 7.11. The van der Waals surface area contributed by atoms with Crippen LogP contribution in [0.4, 0.5) is 32.2 Å². The van der Waals surface area contributed by atoms with Gasteiger partial charge in [-0.15, -0.1) is 0 Å². The average molecular weight is 449 g/mol. The summed E-state index contributed by atoms with van der Waals surface area (Å²) in [6, 6.07) is 1.74. The lowest BCUT2D eigenvalue weighted by Crippen LogP contribution is -2.52. The molecule has 3 N–H and O–H groups in total. The van der Waals surface area contributed by atoms with Crippen molar-refractivity contribution >= 4 is 17.6 Å². The van der Waals surface area contributed by atoms with Crippen LogP contribution in [0.25, 0.3) is 0 Å². The Morgan fingerprint density at radius 2 is 1.68 bits per heavy atom. The number of rotatable bonds is 3. The van der Waals surface area contributed by atoms with E-state index in [1.54, 1.807) is 13.8 Å². The van der Waals surface area contributed by atoms with Gasteiger partial charge in [0.1, 0.15) is 5.82 Å². The number of carbonyl (C=O) groups is 2. The lowest BCUT2D eigenvalue weighted by molar-refractivity contribution is -0.143. The molecule has 2 atom stereocenters. The van der Waals surface area contributed by atoms with Gasteiger partial charge in [-0.3, -0.25) is 14.9 Å². The fraction of sp³-hybridized carbons (Fsp3) is 0.389. The van der Waals surface area contributed by atoms with Gasteiger partial charge in [0.05, 0.1) is 16.8 Å². The van der Waals surface area contributed by atoms with Crippen molar-refractivity contribution in [2.75, 3.05) is 5.32 Å². The van der Waals surface area contributed by atoms with Crippen LogP contribution >= 0.6 is 0 Å². The zero-order valence-electron chi connectivity index (χ0n) is 16.1. The van der Waals surface area contributed by atoms with E-state index in [1.807, 2.05) is 0 Å². The van der Waals surface area contributed by atoms with E-state index in [4.69, 9.17) is 0 Å². The molecule has 0 bridgehead atoms. The molecule has 0 aliphatic carbocycles. The van der Waals surface area contributed by atoms with Crippen molar-refractivity contribution < 1.29 is 35.9 Å². The molecule has 1 aliphatic heterocycles. The second kappa shape index (κ2) is 7.87. The largest absolute Gasteiger partial charge is 0.416 e. The smallest absolute Gasteiger partial charge is 0.322 e. The van der Waals surface area contributed by atoms with E-state index in [0.717, 1.165) is 0 Å². The number of hydrogen-bond donors (Lipinski definition) is 3. The van der Waals surface area contributed by atoms with Gasteiger partial charge in [0.25, 0.3) is 5.91 Å². The van der Waals surface area contributed by atoms with E-state index in [2.05, 4.69) is 21.0 Å². The molecule has 31 heavy (non-hydrogen) atoms. The number of amides is 2. The van der Waals surface area contributed by atoms with E-state index >= 15 is 0 Å². The van der Waals surface area contributed by atoms with Crippen LogP contribution in [0.5, 0.6) is 0 Å². The summed E-state index contributed by atoms with van der Waals surface area (Å²) >= 11 is 0. The van der Waals surface area contributed by atoms with Gasteiger partial charge in [0, 0.05) is 24.1 Å². The predicted molar refractivity (Wildman–Crippen MR) is 95.8 cm³/mol. The number of hydrogen-bond acceptors (Lipinski definition) is 4. The summed E-state index contributed by atoms with van der Waals surface area (Å²) < 4.78 is 79.5. The Kier molecular flexibility index (Phi) is 5.74. The van der Waals surface area contributed by atoms with Gasteiger partial charge in [-0.2, -0.15) is 31.4 Å². The maximum atomic E-state index is 13.0. The normalized spacial score (nSPS) is 19.8. The first-order valence-corrected chi connectivity index (χ1v) is 8.96. The molecule has 1 aliphatic rings. The maximum absolute atomic E-state index is 13.0. The summed E-state index contributed by atoms with van der Waals surface area (Å²) in [4.78, 5) is 24.3. The molecule has 168 valence electrons. The number of aryl methyl sites for hydroxylation is 1. The Bertz CT molecular complexity index is 982. The number of anilines is 1. The SMILES string of the molecule is Cc1cc(NC(=O)c2cc(C(F)(F)F)cc(C(F)(F)F)c2)n(C2NC(=O)CC(C)N2)n1. The Morgan fingerprint density at radius 3 is 2.19 bits per heavy atom. The summed E-state index contributed by atoms with van der Waals surface area (Å²) in [6.45, 7) is 3.30. The molecular weight excluding hydrogens is 432 g/mol. The molecule has 13 heteroatoms. The molecule has 3 rings (SSSR count). The fourth-order valence-corrected chi connectivity index (χ4v) is 3.07. The van der Waals surface area contributed by atoms with E-state index in [1.165, 1.54) is 10.7 Å². The average Bonchev–Trinajstić information content (AvgIpc) is 2.99. The number of nitrogens with one attached hydrogen (secondary N) is 3. The highest BCUT2D eigenvalue weighted by Crippen LogP contribution is 2.36. The third-order valence-corrected chi connectivity index (χ3v) is 4.43. The molecular formula is C18H17F6N5O2. The van der Waals surface area contributed by atoms with Crippen LogP contribution in [0.3, 0.4) is 0 Å². The minimum absolute atomic E-state index is 0.0274. The quantitative estimate of drug-likeness (QED) is 0.627. The molecule has 0 radical (unpaired) electrons. The van der Waals surface area contributed by atoms with Crippen molar-refractivity contribution in [2.24, 2.45) is 0 Å². The second-order valence-electron chi connectivity index (χ2n) is 7.11. The fourth-order valence-electron chi connectivity index (χ4n) is 3.07. The maximum Gasteiger partial charge on any atom is 0.416 e. The van der Waals surface area contributed by atoms with Crippen molar-refractivity contribution in [1.29, 1.82) is 0 Å². The van der Waals surface area contributed by atoms with Gasteiger partial charge < -0.3 is 10.6 Å². The molecule has 1 aromatic heterocycles. The third kappa shape index (κ3) is 5.16. The number of nitrogens with zero attached hydrogens (tertiary/aromatic N) is 2. The number of carbonyl (C=O) groups excluding carboxylic acids is 2. The summed E-state index contributed by atoms with van der Waals surface area (Å²) in [7, 11) is 0. The van der Waals surface area contributed by atoms with Gasteiger partial charge in [-0.05, 0) is 32.0 Å². The van der Waals surface area contributed by atoms with Gasteiger partial charge in [-0.25, -0.2) is 4.68 Å². The van der Waals surface area contributed by atoms with E-state index in [-0.39, 0.29) is 30.3 Å². The summed E-state index contributed by atoms with van der Waals surface area (Å²) in [5.41, 5.74) is -3.65. The van der Waals surface area contributed by atoms with Crippen molar-refractivity contribution in [2.45, 2.75) is 45.0 Å². The van der Waals surface area contributed by atoms with Crippen LogP contribution in [0.2, 0.25) is 0 Å². The zero-order chi connectivity index (χ0) is 23.1. The van der Waals surface area contributed by atoms with E-state index < -0.39 is 41.2 Å². The van der Waals surface area contributed by atoms with Crippen LogP contribution in [0.1, 0.15) is 46.8 Å². The lowest BCUT2D eigenvalue weighted by Gasteiger charge is -2.30. The molecule has 2 amide bonds. The van der Waals surface area contributed by atoms with Crippen LogP contribution in [0, 0.1) is 6.92 Å². The van der Waals surface area contributed by atoms with Gasteiger partial charge in [0.15, 0.2) is 6.29 Å². The van der Waals surface area contributed by atoms with Crippen molar-refractivity contribution in [3.63, 3.8) is 0 Å². The lowest BCUT2D eigenvalue weighted by atomic mass is 10.0. The standard InChI is InChI=1S/C18H17F6N5O2/c1-8-4-14(30)27-16(25-8)29-13(3-9(2)28-29)26-15(31)10-5-11(17(19,20)21)7-12(6-10)18(22,23)24/h3,5-8,16,25H,4H2,1-2H3,(H,26,31)(H,27,30). The topological polar surface area (TPSA) is 88.0 Å². The summed E-state index contributed by atoms with van der Waals surface area (Å²) in [5, 5.41) is 12.0. The number of aromatic nitrogens is 2. The highest BCUT2D eigenvalue weighted by molar-refractivity contribution is 6.04. The Hall–Kier alpha value is -3.09. The number of halogens is 6. The van der Waals surface area contributed by atoms with Gasteiger partial charge in [0.2, 0.25) is 5.91 Å². The third-order valence-electron chi connectivity index (χ3n) is 4.43. The Balaban J connectivity index is 1.95. The molecule has 1 saturated heterocycles. The van der Waals surface area contributed by atoms with Crippen molar-refractivity contribution in [3.05, 3.63) is 46.6 Å². The van der Waals surface area contributed by atoms with Crippen molar-refractivity contribution in [3.8, 4) is 0 Å². The number of alkyl halides is 6. The molecule has 7 nitrogen and oxygen atoms in total. The molecule has 2 heterocycles. The Morgan fingerprint density at radius 1 is 1.10 bits per heavy atom. The first-order valence-electron chi connectivity index (χ1n) is 8.96. The van der Waals surface area contributed by atoms with E-state index in [9.17, 15) is 35.9 Å². The molecule has 2 unspecified atom stereocenters. The highest BCUT2D eigenvalue weighted by Gasteiger charge is 2.37. The van der Waals surface area contributed by atoms with Crippen LogP contribution < -0.4 is 16.0 Å². The number of benzene rings is 1. The minimum atomic E-state index is -5.08. The van der Waals surface area contributed by atoms with Crippen LogP contribution in [-0.2, 0) is 17.1 Å². The van der Waals surface area contributed by atoms with E-state index in [0.29, 0.717) is 17.8 Å². The summed E-state index contributed by atoms with van der Waals surface area (Å²) in [6.07, 6.45) is -10.8.